The molecule has 0 bridgehead atoms. The molecule has 6 N–H and O–H groups in total. The molecule has 2 aromatic carbocycles. The highest BCUT2D eigenvalue weighted by molar-refractivity contribution is 6.08. The standard InChI is InChI=1S/C25H28N6/c1-16(27)25-19-9-8-17(18(14-26)15-28-2)13-21(19)24(10-12-30-25)31-23-7-3-6-22-20(23)5-4-11-29-22/h3-9,11,13-15,24,26,28,30-31H,10,12,27H2,1-2H3/b18-15+,25-16-,26-14?. The molecule has 31 heavy (non-hydrogen) atoms. The van der Waals surface area contributed by atoms with Crippen LogP contribution in [0.3, 0.4) is 0 Å². The fraction of sp³-hybridized carbons (Fsp3) is 0.200. The summed E-state index contributed by atoms with van der Waals surface area (Å²) in [6.45, 7) is 2.73. The van der Waals surface area contributed by atoms with E-state index in [-0.39, 0.29) is 6.04 Å². The van der Waals surface area contributed by atoms with Gasteiger partial charge in [-0.2, -0.15) is 0 Å². The second-order valence-corrected chi connectivity index (χ2v) is 7.68. The number of nitrogens with zero attached hydrogens (tertiary/aromatic N) is 1. The van der Waals surface area contributed by atoms with Gasteiger partial charge in [-0.3, -0.25) is 4.98 Å². The number of anilines is 1. The predicted octanol–water partition coefficient (Wildman–Crippen LogP) is 4.24. The van der Waals surface area contributed by atoms with Gasteiger partial charge in [-0.1, -0.05) is 18.2 Å². The molecule has 3 aromatic rings. The minimum Gasteiger partial charge on any atom is -0.401 e. The number of allylic oxidation sites excluding steroid dienone is 2. The summed E-state index contributed by atoms with van der Waals surface area (Å²) in [5.41, 5.74) is 14.1. The van der Waals surface area contributed by atoms with Crippen molar-refractivity contribution >= 4 is 34.1 Å². The highest BCUT2D eigenvalue weighted by Gasteiger charge is 2.23. The highest BCUT2D eigenvalue weighted by atomic mass is 15.0. The Hall–Kier alpha value is -3.80. The van der Waals surface area contributed by atoms with Crippen LogP contribution in [0.5, 0.6) is 0 Å². The zero-order valence-corrected chi connectivity index (χ0v) is 17.9. The van der Waals surface area contributed by atoms with E-state index in [4.69, 9.17) is 11.1 Å². The van der Waals surface area contributed by atoms with Crippen LogP contribution in [0, 0.1) is 5.41 Å². The van der Waals surface area contributed by atoms with Crippen LogP contribution in [0.15, 0.2) is 66.6 Å². The first-order valence-electron chi connectivity index (χ1n) is 10.5. The zero-order chi connectivity index (χ0) is 21.8. The number of pyridine rings is 1. The van der Waals surface area contributed by atoms with Gasteiger partial charge in [0.2, 0.25) is 0 Å². The Bertz CT molecular complexity index is 1170. The summed E-state index contributed by atoms with van der Waals surface area (Å²) in [7, 11) is 1.84. The Balaban J connectivity index is 1.84. The van der Waals surface area contributed by atoms with E-state index in [9.17, 15) is 0 Å². The number of nitrogens with two attached hydrogens (primary N) is 1. The van der Waals surface area contributed by atoms with Crippen LogP contribution in [0.1, 0.15) is 36.1 Å². The van der Waals surface area contributed by atoms with Gasteiger partial charge in [-0.15, -0.1) is 0 Å². The van der Waals surface area contributed by atoms with Gasteiger partial charge in [-0.05, 0) is 54.8 Å². The van der Waals surface area contributed by atoms with Gasteiger partial charge in [0.25, 0.3) is 0 Å². The van der Waals surface area contributed by atoms with Gasteiger partial charge in [-0.25, -0.2) is 0 Å². The van der Waals surface area contributed by atoms with E-state index in [1.54, 1.807) is 0 Å². The smallest absolute Gasteiger partial charge is 0.0722 e. The normalized spacial score (nSPS) is 17.9. The number of benzene rings is 2. The van der Waals surface area contributed by atoms with Crippen molar-refractivity contribution in [2.75, 3.05) is 18.9 Å². The molecule has 1 unspecified atom stereocenters. The second kappa shape index (κ2) is 8.92. The first kappa shape index (κ1) is 20.5. The molecular weight excluding hydrogens is 384 g/mol. The van der Waals surface area contributed by atoms with Crippen molar-refractivity contribution in [2.24, 2.45) is 5.73 Å². The van der Waals surface area contributed by atoms with Gasteiger partial charge in [0.1, 0.15) is 0 Å². The molecule has 1 aliphatic heterocycles. The summed E-state index contributed by atoms with van der Waals surface area (Å²) in [5, 5.41) is 19.2. The largest absolute Gasteiger partial charge is 0.401 e. The maximum atomic E-state index is 7.81. The first-order chi connectivity index (χ1) is 15.1. The van der Waals surface area contributed by atoms with Gasteiger partial charge in [0.15, 0.2) is 0 Å². The molecule has 0 fully saturated rings. The summed E-state index contributed by atoms with van der Waals surface area (Å²) in [6, 6.07) is 16.6. The topological polar surface area (TPSA) is 98.8 Å². The monoisotopic (exact) mass is 412 g/mol. The Labute approximate surface area is 182 Å². The van der Waals surface area contributed by atoms with Crippen molar-refractivity contribution in [1.29, 1.82) is 5.41 Å². The number of nitrogens with one attached hydrogen (secondary N) is 4. The van der Waals surface area contributed by atoms with Gasteiger partial charge in [0, 0.05) is 60.1 Å². The molecule has 0 radical (unpaired) electrons. The van der Waals surface area contributed by atoms with E-state index in [0.29, 0.717) is 0 Å². The molecule has 158 valence electrons. The van der Waals surface area contributed by atoms with Crippen LogP contribution in [0.2, 0.25) is 0 Å². The Morgan fingerprint density at radius 2 is 2.10 bits per heavy atom. The van der Waals surface area contributed by atoms with E-state index >= 15 is 0 Å². The summed E-state index contributed by atoms with van der Waals surface area (Å²) >= 11 is 0. The fourth-order valence-electron chi connectivity index (χ4n) is 4.13. The first-order valence-corrected chi connectivity index (χ1v) is 10.5. The number of hydrogen-bond acceptors (Lipinski definition) is 6. The van der Waals surface area contributed by atoms with Crippen molar-refractivity contribution in [2.45, 2.75) is 19.4 Å². The quantitative estimate of drug-likeness (QED) is 0.404. The third-order valence-electron chi connectivity index (χ3n) is 5.59. The van der Waals surface area contributed by atoms with Gasteiger partial charge < -0.3 is 27.1 Å². The molecule has 0 amide bonds. The molecule has 0 saturated carbocycles. The van der Waals surface area contributed by atoms with Crippen LogP contribution < -0.4 is 21.7 Å². The molecule has 1 aromatic heterocycles. The van der Waals surface area contributed by atoms with Crippen molar-refractivity contribution in [3.05, 3.63) is 83.3 Å². The van der Waals surface area contributed by atoms with Crippen LogP contribution in [0.25, 0.3) is 22.2 Å². The van der Waals surface area contributed by atoms with Crippen LogP contribution in [0.4, 0.5) is 5.69 Å². The van der Waals surface area contributed by atoms with Crippen molar-refractivity contribution in [3.8, 4) is 0 Å². The highest BCUT2D eigenvalue weighted by Crippen LogP contribution is 2.35. The number of hydrogen-bond donors (Lipinski definition) is 5. The van der Waals surface area contributed by atoms with E-state index in [0.717, 1.165) is 63.2 Å². The lowest BCUT2D eigenvalue weighted by Gasteiger charge is -2.22. The second-order valence-electron chi connectivity index (χ2n) is 7.68. The average molecular weight is 413 g/mol. The third kappa shape index (κ3) is 4.10. The molecule has 0 saturated heterocycles. The third-order valence-corrected chi connectivity index (χ3v) is 5.59. The molecule has 6 nitrogen and oxygen atoms in total. The Morgan fingerprint density at radius 1 is 1.23 bits per heavy atom. The molecular formula is C25H28N6. The molecule has 4 rings (SSSR count). The summed E-state index contributed by atoms with van der Waals surface area (Å²) in [6.07, 6.45) is 5.92. The average Bonchev–Trinajstić information content (AvgIpc) is 2.97. The molecule has 6 heteroatoms. The van der Waals surface area contributed by atoms with Crippen LogP contribution in [-0.4, -0.2) is 24.8 Å². The Morgan fingerprint density at radius 3 is 2.87 bits per heavy atom. The summed E-state index contributed by atoms with van der Waals surface area (Å²) in [5.74, 6) is 0. The minimum absolute atomic E-state index is 0.0756. The predicted molar refractivity (Wildman–Crippen MR) is 130 cm³/mol. The maximum absolute atomic E-state index is 7.81. The summed E-state index contributed by atoms with van der Waals surface area (Å²) in [4.78, 5) is 4.49. The van der Waals surface area contributed by atoms with Crippen molar-refractivity contribution in [1.82, 2.24) is 15.6 Å². The molecule has 2 heterocycles. The minimum atomic E-state index is 0.0756. The van der Waals surface area contributed by atoms with Crippen LogP contribution in [-0.2, 0) is 0 Å². The zero-order valence-electron chi connectivity index (χ0n) is 17.9. The van der Waals surface area contributed by atoms with Crippen LogP contribution >= 0.6 is 0 Å². The lowest BCUT2D eigenvalue weighted by molar-refractivity contribution is 0.683. The fourth-order valence-corrected chi connectivity index (χ4v) is 4.13. The lowest BCUT2D eigenvalue weighted by Crippen LogP contribution is -2.16. The van der Waals surface area contributed by atoms with Crippen molar-refractivity contribution < 1.29 is 0 Å². The SMILES string of the molecule is CN/C=C(\C=N)c1ccc2c(c1)C(Nc1cccc3ncccc13)CCN/C2=C(/C)N. The van der Waals surface area contributed by atoms with Gasteiger partial charge >= 0.3 is 0 Å². The number of rotatable bonds is 5. The van der Waals surface area contributed by atoms with E-state index in [1.165, 1.54) is 6.21 Å². The molecule has 0 aliphatic carbocycles. The number of fused-ring (bicyclic) bond motifs is 2. The maximum Gasteiger partial charge on any atom is 0.0722 e. The summed E-state index contributed by atoms with van der Waals surface area (Å²) < 4.78 is 0. The lowest BCUT2D eigenvalue weighted by atomic mass is 9.92. The van der Waals surface area contributed by atoms with Gasteiger partial charge in [0.05, 0.1) is 17.3 Å². The molecule has 0 spiro atoms. The van der Waals surface area contributed by atoms with E-state index in [1.807, 2.05) is 50.6 Å². The Kier molecular flexibility index (Phi) is 5.89. The molecule has 1 atom stereocenters. The van der Waals surface area contributed by atoms with E-state index in [2.05, 4.69) is 45.2 Å². The van der Waals surface area contributed by atoms with Crippen molar-refractivity contribution in [3.63, 3.8) is 0 Å². The molecule has 1 aliphatic rings. The van der Waals surface area contributed by atoms with E-state index < -0.39 is 0 Å². The number of aromatic nitrogens is 1.